The van der Waals surface area contributed by atoms with Crippen molar-refractivity contribution in [2.24, 2.45) is 28.3 Å². The number of fused-ring (bicyclic) bond motifs is 3. The van der Waals surface area contributed by atoms with E-state index in [-0.39, 0.29) is 49.6 Å². The van der Waals surface area contributed by atoms with Gasteiger partial charge in [-0.3, -0.25) is 4.90 Å². The number of amides is 1. The summed E-state index contributed by atoms with van der Waals surface area (Å²) in [6, 6.07) is 19.7. The number of ether oxygens (including phenoxy) is 4. The molecule has 1 saturated carbocycles. The van der Waals surface area contributed by atoms with Gasteiger partial charge in [-0.2, -0.15) is 0 Å². The second-order valence-corrected chi connectivity index (χ2v) is 17.1. The van der Waals surface area contributed by atoms with Crippen molar-refractivity contribution in [3.8, 4) is 17.2 Å². The molecule has 10 heteroatoms. The largest absolute Gasteiger partial charge is 0.459 e. The maximum absolute atomic E-state index is 14.3. The van der Waals surface area contributed by atoms with Crippen LogP contribution in [0.1, 0.15) is 97.5 Å². The van der Waals surface area contributed by atoms with E-state index in [0.29, 0.717) is 50.3 Å². The lowest BCUT2D eigenvalue weighted by atomic mass is 9.55. The Kier molecular flexibility index (Phi) is 14.6. The Balaban J connectivity index is 1.56. The summed E-state index contributed by atoms with van der Waals surface area (Å²) < 4.78 is 27.1. The SMILES string of the molecule is C=CCO[C@@]12Oc3ccc(Oc4ccc5ccccc5c4)cc3[C@H]3[C@H](CCCCO)[C@@H](CCCCO)C=C(C(=NOCC)C[C@@H]1N(CCC)C(=O)OCC(C)(C)C)[C@H]32. The van der Waals surface area contributed by atoms with Crippen molar-refractivity contribution in [1.82, 2.24) is 4.90 Å². The highest BCUT2D eigenvalue weighted by Gasteiger charge is 2.65. The summed E-state index contributed by atoms with van der Waals surface area (Å²) in [5.41, 5.74) is 2.53. The van der Waals surface area contributed by atoms with Crippen molar-refractivity contribution in [2.75, 3.05) is 39.6 Å². The monoisotopic (exact) mass is 796 g/mol. The lowest BCUT2D eigenvalue weighted by Gasteiger charge is -2.60. The fourth-order valence-electron chi connectivity index (χ4n) is 9.20. The van der Waals surface area contributed by atoms with E-state index in [1.807, 2.05) is 58.0 Å². The van der Waals surface area contributed by atoms with E-state index in [4.69, 9.17) is 28.9 Å². The highest BCUT2D eigenvalue weighted by molar-refractivity contribution is 6.03. The van der Waals surface area contributed by atoms with Crippen LogP contribution in [0, 0.1) is 23.2 Å². The molecule has 1 fully saturated rings. The first kappa shape index (κ1) is 43.2. The molecule has 1 aliphatic heterocycles. The van der Waals surface area contributed by atoms with Gasteiger partial charge in [0, 0.05) is 37.7 Å². The van der Waals surface area contributed by atoms with Crippen molar-refractivity contribution in [3.63, 3.8) is 0 Å². The quantitative estimate of drug-likeness (QED) is 0.0699. The van der Waals surface area contributed by atoms with Crippen LogP contribution < -0.4 is 9.47 Å². The van der Waals surface area contributed by atoms with E-state index < -0.39 is 23.8 Å². The summed E-state index contributed by atoms with van der Waals surface area (Å²) >= 11 is 0. The minimum Gasteiger partial charge on any atom is -0.459 e. The molecule has 6 atom stereocenters. The lowest BCUT2D eigenvalue weighted by molar-refractivity contribution is -0.255. The van der Waals surface area contributed by atoms with Gasteiger partial charge < -0.3 is 34.0 Å². The molecule has 58 heavy (non-hydrogen) atoms. The fourth-order valence-corrected chi connectivity index (χ4v) is 9.20. The van der Waals surface area contributed by atoms with Gasteiger partial charge in [-0.15, -0.1) is 6.58 Å². The molecule has 3 aromatic carbocycles. The summed E-state index contributed by atoms with van der Waals surface area (Å²) in [6.07, 6.45) is 9.47. The molecule has 1 heterocycles. The lowest BCUT2D eigenvalue weighted by Crippen LogP contribution is -2.70. The minimum absolute atomic E-state index is 0.101. The predicted molar refractivity (Wildman–Crippen MR) is 228 cm³/mol. The Bertz CT molecular complexity index is 1920. The second kappa shape index (κ2) is 19.6. The highest BCUT2D eigenvalue weighted by atomic mass is 16.7. The number of benzene rings is 3. The molecule has 0 unspecified atom stereocenters. The maximum atomic E-state index is 14.3. The molecule has 3 aliphatic rings. The third kappa shape index (κ3) is 9.56. The number of nitrogens with zero attached hydrogens (tertiary/aromatic N) is 2. The van der Waals surface area contributed by atoms with Gasteiger partial charge in [0.25, 0.3) is 0 Å². The topological polar surface area (TPSA) is 119 Å². The molecule has 2 N–H and O–H groups in total. The summed E-state index contributed by atoms with van der Waals surface area (Å²) in [5, 5.41) is 26.8. The van der Waals surface area contributed by atoms with E-state index in [0.717, 1.165) is 59.1 Å². The van der Waals surface area contributed by atoms with Crippen LogP contribution in [-0.2, 0) is 14.3 Å². The van der Waals surface area contributed by atoms with E-state index >= 15 is 0 Å². The number of hydrogen-bond acceptors (Lipinski definition) is 9. The van der Waals surface area contributed by atoms with Crippen LogP contribution in [-0.4, -0.2) is 78.3 Å². The molecule has 3 aromatic rings. The van der Waals surface area contributed by atoms with Crippen LogP contribution in [0.15, 0.2) is 90.1 Å². The van der Waals surface area contributed by atoms with Crippen molar-refractivity contribution in [3.05, 3.63) is 90.5 Å². The number of hydrogen-bond donors (Lipinski definition) is 2. The first-order valence-corrected chi connectivity index (χ1v) is 21.4. The number of carbonyl (C=O) groups is 1. The van der Waals surface area contributed by atoms with Crippen LogP contribution in [0.5, 0.6) is 17.2 Å². The number of rotatable bonds is 19. The van der Waals surface area contributed by atoms with E-state index in [9.17, 15) is 15.0 Å². The maximum Gasteiger partial charge on any atom is 0.410 e. The molecule has 314 valence electrons. The molecule has 6 rings (SSSR count). The van der Waals surface area contributed by atoms with Gasteiger partial charge >= 0.3 is 6.09 Å². The van der Waals surface area contributed by atoms with Crippen LogP contribution in [0.25, 0.3) is 10.8 Å². The molecular formula is C48H64N2O8. The number of oxime groups is 1. The number of carbonyl (C=O) groups excluding carboxylic acids is 1. The number of aliphatic hydroxyl groups is 2. The van der Waals surface area contributed by atoms with Crippen molar-refractivity contribution in [1.29, 1.82) is 0 Å². The average molecular weight is 797 g/mol. The van der Waals surface area contributed by atoms with Crippen molar-refractivity contribution < 1.29 is 38.8 Å². The normalized spacial score (nSPS) is 24.3. The van der Waals surface area contributed by atoms with Gasteiger partial charge in [-0.1, -0.05) is 88.2 Å². The molecule has 0 aromatic heterocycles. The smallest absolute Gasteiger partial charge is 0.410 e. The molecular weight excluding hydrogens is 733 g/mol. The Hall–Kier alpha value is -4.38. The Morgan fingerprint density at radius 2 is 1.71 bits per heavy atom. The van der Waals surface area contributed by atoms with Gasteiger partial charge in [-0.25, -0.2) is 4.79 Å². The Morgan fingerprint density at radius 3 is 2.41 bits per heavy atom. The van der Waals surface area contributed by atoms with Crippen molar-refractivity contribution >= 4 is 22.6 Å². The Morgan fingerprint density at radius 1 is 0.983 bits per heavy atom. The molecule has 2 aliphatic carbocycles. The second-order valence-electron chi connectivity index (χ2n) is 17.1. The molecule has 10 nitrogen and oxygen atoms in total. The molecule has 0 bridgehead atoms. The minimum atomic E-state index is -1.34. The van der Waals surface area contributed by atoms with E-state index in [2.05, 4.69) is 49.9 Å². The zero-order valence-electron chi connectivity index (χ0n) is 35.2. The first-order valence-electron chi connectivity index (χ1n) is 21.4. The zero-order valence-corrected chi connectivity index (χ0v) is 35.2. The summed E-state index contributed by atoms with van der Waals surface area (Å²) in [4.78, 5) is 22.0. The summed E-state index contributed by atoms with van der Waals surface area (Å²) in [6.45, 7) is 15.6. The molecule has 0 spiro atoms. The molecule has 0 saturated heterocycles. The number of allylic oxidation sites excluding steroid dienone is 1. The van der Waals surface area contributed by atoms with E-state index in [1.54, 1.807) is 11.0 Å². The van der Waals surface area contributed by atoms with Crippen LogP contribution in [0.2, 0.25) is 0 Å². The standard InChI is InChI=1S/C48H64N2O8/c1-7-24-50(46(53)54-32-47(4,5)6)43-31-41(49-56-9-3)39-29-35(18-12-14-25-51)38(19-13-15-26-52)44-40-30-37(57-36-21-20-33-16-10-11-17-34(33)28-36)22-23-42(40)58-48(43,45(39)44)55-27-8-2/h8,10-11,16-17,20-23,28-30,35,38,43-45,51-52H,2,7,9,12-15,18-19,24-27,31-32H2,1,3-6H3/t35-,38+,43-,44+,45+,48+/m0/s1. The zero-order chi connectivity index (χ0) is 41.3. The third-order valence-electron chi connectivity index (χ3n) is 11.6. The molecule has 1 amide bonds. The van der Waals surface area contributed by atoms with Crippen LogP contribution in [0.3, 0.4) is 0 Å². The van der Waals surface area contributed by atoms with Gasteiger partial charge in [0.1, 0.15) is 29.9 Å². The number of aliphatic hydroxyl groups excluding tert-OH is 2. The van der Waals surface area contributed by atoms with Crippen molar-refractivity contribution in [2.45, 2.75) is 104 Å². The summed E-state index contributed by atoms with van der Waals surface area (Å²) in [5.74, 6) is 0.418. The molecule has 0 radical (unpaired) electrons. The van der Waals surface area contributed by atoms with Gasteiger partial charge in [-0.05, 0) is 103 Å². The van der Waals surface area contributed by atoms with Crippen LogP contribution in [0.4, 0.5) is 4.79 Å². The Labute approximate surface area is 344 Å². The van der Waals surface area contributed by atoms with Crippen LogP contribution >= 0.6 is 0 Å². The first-order chi connectivity index (χ1) is 28.1. The predicted octanol–water partition coefficient (Wildman–Crippen LogP) is 10.2. The average Bonchev–Trinajstić information content (AvgIpc) is 3.21. The highest BCUT2D eigenvalue weighted by Crippen LogP contribution is 2.62. The van der Waals surface area contributed by atoms with Gasteiger partial charge in [0.05, 0.1) is 24.8 Å². The van der Waals surface area contributed by atoms with Gasteiger partial charge in [0.2, 0.25) is 5.79 Å². The number of unbranched alkanes of at least 4 members (excludes halogenated alkanes) is 2. The fraction of sp³-hybridized carbons (Fsp3) is 0.542. The van der Waals surface area contributed by atoms with Gasteiger partial charge in [0.15, 0.2) is 0 Å². The van der Waals surface area contributed by atoms with E-state index in [1.165, 1.54) is 0 Å². The summed E-state index contributed by atoms with van der Waals surface area (Å²) in [7, 11) is 0. The third-order valence-corrected chi connectivity index (χ3v) is 11.6.